The zero-order valence-electron chi connectivity index (χ0n) is 14.7. The summed E-state index contributed by atoms with van der Waals surface area (Å²) in [6, 6.07) is 15.3. The molecule has 0 atom stereocenters. The van der Waals surface area contributed by atoms with Crippen molar-refractivity contribution >= 4 is 16.9 Å². The second-order valence-electron chi connectivity index (χ2n) is 7.58. The number of aromatic nitrogens is 2. The number of fused-ring (bicyclic) bond motifs is 3. The molecule has 0 radical (unpaired) electrons. The molecule has 3 heteroatoms. The summed E-state index contributed by atoms with van der Waals surface area (Å²) in [7, 11) is 0. The second-order valence-corrected chi connectivity index (χ2v) is 7.58. The normalized spacial score (nSPS) is 19.0. The van der Waals surface area contributed by atoms with E-state index in [1.54, 1.807) is 0 Å². The summed E-state index contributed by atoms with van der Waals surface area (Å²) in [5, 5.41) is 0. The Bertz CT molecular complexity index is 974. The molecule has 0 unspecified atom stereocenters. The van der Waals surface area contributed by atoms with Crippen LogP contribution < -0.4 is 0 Å². The molecule has 1 saturated carbocycles. The van der Waals surface area contributed by atoms with Crippen LogP contribution in [-0.4, -0.2) is 21.9 Å². The summed E-state index contributed by atoms with van der Waals surface area (Å²) < 4.78 is 2.18. The first-order valence-corrected chi connectivity index (χ1v) is 9.36. The summed E-state index contributed by atoms with van der Waals surface area (Å²) in [4.78, 5) is 9.76. The van der Waals surface area contributed by atoms with Gasteiger partial charge in [0.2, 0.25) is 0 Å². The van der Waals surface area contributed by atoms with E-state index < -0.39 is 0 Å². The number of benzene rings is 2. The minimum atomic E-state index is 0.255. The predicted molar refractivity (Wildman–Crippen MR) is 102 cm³/mol. The molecule has 2 aromatic carbocycles. The lowest BCUT2D eigenvalue weighted by molar-refractivity contribution is 0.298. The van der Waals surface area contributed by atoms with Crippen molar-refractivity contribution in [1.82, 2.24) is 9.55 Å². The maximum Gasteiger partial charge on any atom is 0.141 e. The fraction of sp³-hybridized carbons (Fsp3) is 0.364. The SMILES string of the molecule is Cc1cccc2c1ncn2C1=NCC2(CCCCC2)c2ccccc21. The molecule has 0 amide bonds. The Labute approximate surface area is 148 Å². The third kappa shape index (κ3) is 2.18. The summed E-state index contributed by atoms with van der Waals surface area (Å²) in [6.07, 6.45) is 8.49. The van der Waals surface area contributed by atoms with E-state index in [1.165, 1.54) is 48.8 Å². The Morgan fingerprint density at radius 3 is 2.68 bits per heavy atom. The summed E-state index contributed by atoms with van der Waals surface area (Å²) in [5.41, 5.74) is 6.47. The fourth-order valence-electron chi connectivity index (χ4n) is 4.75. The largest absolute Gasteiger partial charge is 0.283 e. The van der Waals surface area contributed by atoms with Gasteiger partial charge in [0.25, 0.3) is 0 Å². The van der Waals surface area contributed by atoms with Crippen molar-refractivity contribution < 1.29 is 0 Å². The topological polar surface area (TPSA) is 30.2 Å². The van der Waals surface area contributed by atoms with Crippen LogP contribution in [0.15, 0.2) is 53.8 Å². The van der Waals surface area contributed by atoms with Crippen LogP contribution in [0.1, 0.15) is 48.8 Å². The van der Waals surface area contributed by atoms with Gasteiger partial charge in [-0.1, -0.05) is 55.7 Å². The number of aryl methyl sites for hydroxylation is 1. The van der Waals surface area contributed by atoms with Gasteiger partial charge in [-0.2, -0.15) is 0 Å². The van der Waals surface area contributed by atoms with E-state index in [9.17, 15) is 0 Å². The highest BCUT2D eigenvalue weighted by Crippen LogP contribution is 2.43. The maximum absolute atomic E-state index is 5.11. The lowest BCUT2D eigenvalue weighted by Gasteiger charge is -2.40. The quantitative estimate of drug-likeness (QED) is 0.579. The van der Waals surface area contributed by atoms with Crippen LogP contribution in [0.5, 0.6) is 0 Å². The molecule has 0 bridgehead atoms. The summed E-state index contributed by atoms with van der Waals surface area (Å²) in [5.74, 6) is 1.06. The van der Waals surface area contributed by atoms with Gasteiger partial charge < -0.3 is 0 Å². The van der Waals surface area contributed by atoms with Crippen molar-refractivity contribution in [2.75, 3.05) is 6.54 Å². The zero-order chi connectivity index (χ0) is 16.9. The first-order chi connectivity index (χ1) is 12.3. The Morgan fingerprint density at radius 1 is 0.960 bits per heavy atom. The van der Waals surface area contributed by atoms with Crippen molar-refractivity contribution in [3.63, 3.8) is 0 Å². The molecule has 3 aromatic rings. The van der Waals surface area contributed by atoms with Crippen molar-refractivity contribution in [2.24, 2.45) is 4.99 Å². The van der Waals surface area contributed by atoms with E-state index in [1.807, 2.05) is 6.33 Å². The minimum absolute atomic E-state index is 0.255. The molecule has 1 spiro atoms. The van der Waals surface area contributed by atoms with Gasteiger partial charge >= 0.3 is 0 Å². The van der Waals surface area contributed by atoms with Crippen molar-refractivity contribution in [3.8, 4) is 0 Å². The highest BCUT2D eigenvalue weighted by molar-refractivity contribution is 6.07. The molecule has 0 N–H and O–H groups in total. The zero-order valence-corrected chi connectivity index (χ0v) is 14.7. The van der Waals surface area contributed by atoms with Gasteiger partial charge in [-0.15, -0.1) is 0 Å². The number of rotatable bonds is 0. The number of hydrogen-bond donors (Lipinski definition) is 0. The third-order valence-corrected chi connectivity index (χ3v) is 6.09. The molecule has 25 heavy (non-hydrogen) atoms. The van der Waals surface area contributed by atoms with Gasteiger partial charge in [0.1, 0.15) is 12.2 Å². The monoisotopic (exact) mass is 329 g/mol. The van der Waals surface area contributed by atoms with Crippen LogP contribution in [-0.2, 0) is 5.41 Å². The molecule has 0 saturated heterocycles. The standard InChI is InChI=1S/C22H23N3/c1-16-8-7-11-19-20(16)24-15-25(19)21-17-9-3-4-10-18(17)22(14-23-21)12-5-2-6-13-22/h3-4,7-11,15H,2,5-6,12-14H2,1H3. The van der Waals surface area contributed by atoms with Gasteiger partial charge in [0.05, 0.1) is 17.6 Å². The number of hydrogen-bond acceptors (Lipinski definition) is 2. The molecule has 5 rings (SSSR count). The molecule has 3 nitrogen and oxygen atoms in total. The fourth-order valence-corrected chi connectivity index (χ4v) is 4.75. The Balaban J connectivity index is 1.69. The first kappa shape index (κ1) is 14.9. The highest BCUT2D eigenvalue weighted by Gasteiger charge is 2.39. The molecule has 2 heterocycles. The van der Waals surface area contributed by atoms with Gasteiger partial charge in [0, 0.05) is 11.0 Å². The average molecular weight is 329 g/mol. The van der Waals surface area contributed by atoms with Crippen LogP contribution in [0.3, 0.4) is 0 Å². The third-order valence-electron chi connectivity index (χ3n) is 6.09. The first-order valence-electron chi connectivity index (χ1n) is 9.36. The lowest BCUT2D eigenvalue weighted by atomic mass is 9.67. The highest BCUT2D eigenvalue weighted by atomic mass is 15.1. The van der Waals surface area contributed by atoms with Gasteiger partial charge in [-0.05, 0) is 37.0 Å². The molecule has 1 aromatic heterocycles. The van der Waals surface area contributed by atoms with Crippen LogP contribution in [0, 0.1) is 6.92 Å². The number of aliphatic imine (C=N–C) groups is 1. The summed E-state index contributed by atoms with van der Waals surface area (Å²) >= 11 is 0. The van der Waals surface area contributed by atoms with Crippen LogP contribution in [0.25, 0.3) is 11.0 Å². The molecular weight excluding hydrogens is 306 g/mol. The van der Waals surface area contributed by atoms with E-state index in [-0.39, 0.29) is 5.41 Å². The van der Waals surface area contributed by atoms with Crippen LogP contribution in [0.4, 0.5) is 0 Å². The van der Waals surface area contributed by atoms with E-state index in [0.29, 0.717) is 0 Å². The van der Waals surface area contributed by atoms with Gasteiger partial charge in [-0.3, -0.25) is 9.56 Å². The average Bonchev–Trinajstić information content (AvgIpc) is 3.09. The van der Waals surface area contributed by atoms with E-state index in [0.717, 1.165) is 23.4 Å². The Hall–Kier alpha value is -2.42. The summed E-state index contributed by atoms with van der Waals surface area (Å²) in [6.45, 7) is 3.03. The predicted octanol–water partition coefficient (Wildman–Crippen LogP) is 4.86. The van der Waals surface area contributed by atoms with Crippen molar-refractivity contribution in [3.05, 3.63) is 65.5 Å². The molecular formula is C22H23N3. The van der Waals surface area contributed by atoms with Crippen molar-refractivity contribution in [1.29, 1.82) is 0 Å². The van der Waals surface area contributed by atoms with E-state index in [4.69, 9.17) is 4.99 Å². The van der Waals surface area contributed by atoms with Crippen LogP contribution >= 0.6 is 0 Å². The number of para-hydroxylation sites is 1. The Kier molecular flexibility index (Phi) is 3.30. The Morgan fingerprint density at radius 2 is 1.80 bits per heavy atom. The molecule has 2 aliphatic rings. The molecule has 1 aliphatic heterocycles. The number of nitrogens with zero attached hydrogens (tertiary/aromatic N) is 3. The second kappa shape index (κ2) is 5.55. The van der Waals surface area contributed by atoms with Crippen LogP contribution in [0.2, 0.25) is 0 Å². The number of imidazole rings is 1. The van der Waals surface area contributed by atoms with E-state index >= 15 is 0 Å². The maximum atomic E-state index is 5.11. The van der Waals surface area contributed by atoms with Gasteiger partial charge in [-0.25, -0.2) is 4.98 Å². The molecule has 1 fully saturated rings. The lowest BCUT2D eigenvalue weighted by Crippen LogP contribution is -2.38. The van der Waals surface area contributed by atoms with Crippen molar-refractivity contribution in [2.45, 2.75) is 44.4 Å². The van der Waals surface area contributed by atoms with Gasteiger partial charge in [0.15, 0.2) is 0 Å². The molecule has 1 aliphatic carbocycles. The van der Waals surface area contributed by atoms with E-state index in [2.05, 4.69) is 58.9 Å². The smallest absolute Gasteiger partial charge is 0.141 e. The molecule has 126 valence electrons. The minimum Gasteiger partial charge on any atom is -0.283 e.